The van der Waals surface area contributed by atoms with Crippen LogP contribution in [0.5, 0.6) is 0 Å². The van der Waals surface area contributed by atoms with Crippen LogP contribution < -0.4 is 5.32 Å². The molecule has 1 fully saturated rings. The summed E-state index contributed by atoms with van der Waals surface area (Å²) >= 11 is 0. The summed E-state index contributed by atoms with van der Waals surface area (Å²) in [6.07, 6.45) is 5.14. The van der Waals surface area contributed by atoms with Gasteiger partial charge in [0.2, 0.25) is 0 Å². The Kier molecular flexibility index (Phi) is 4.81. The highest BCUT2D eigenvalue weighted by Gasteiger charge is 2.22. The number of hydrogen-bond acceptors (Lipinski definition) is 3. The van der Waals surface area contributed by atoms with Crippen molar-refractivity contribution < 1.29 is 0 Å². The second-order valence-corrected chi connectivity index (χ2v) is 6.55. The molecule has 0 atom stereocenters. The highest BCUT2D eigenvalue weighted by molar-refractivity contribution is 5.56. The molecule has 3 heteroatoms. The van der Waals surface area contributed by atoms with Crippen LogP contribution in [0.2, 0.25) is 0 Å². The summed E-state index contributed by atoms with van der Waals surface area (Å²) in [5.74, 6) is 0. The summed E-state index contributed by atoms with van der Waals surface area (Å²) < 4.78 is 0. The molecular formula is C18H29N3. The van der Waals surface area contributed by atoms with Crippen LogP contribution in [0.25, 0.3) is 0 Å². The Labute approximate surface area is 129 Å². The zero-order valence-electron chi connectivity index (χ0n) is 13.6. The fraction of sp³-hybridized carbons (Fsp3) is 0.667. The maximum Gasteiger partial charge on any atom is 0.0375 e. The highest BCUT2D eigenvalue weighted by Crippen LogP contribution is 2.27. The first-order chi connectivity index (χ1) is 10.3. The average Bonchev–Trinajstić information content (AvgIpc) is 2.55. The molecule has 0 amide bonds. The quantitative estimate of drug-likeness (QED) is 0.918. The molecule has 1 saturated heterocycles. The first kappa shape index (κ1) is 14.9. The summed E-state index contributed by atoms with van der Waals surface area (Å²) in [5, 5.41) is 3.54. The number of nitrogens with zero attached hydrogens (tertiary/aromatic N) is 2. The first-order valence-corrected chi connectivity index (χ1v) is 8.55. The van der Waals surface area contributed by atoms with Crippen LogP contribution in [0.3, 0.4) is 0 Å². The third-order valence-electron chi connectivity index (χ3n) is 5.24. The van der Waals surface area contributed by atoms with Crippen molar-refractivity contribution in [3.8, 4) is 0 Å². The van der Waals surface area contributed by atoms with Gasteiger partial charge < -0.3 is 10.2 Å². The molecule has 0 spiro atoms. The van der Waals surface area contributed by atoms with Gasteiger partial charge in [0.15, 0.2) is 0 Å². The Morgan fingerprint density at radius 2 is 2.10 bits per heavy atom. The molecule has 0 aromatic heterocycles. The van der Waals surface area contributed by atoms with Crippen molar-refractivity contribution in [2.45, 2.75) is 45.2 Å². The Hall–Kier alpha value is -1.06. The second kappa shape index (κ2) is 6.80. The Morgan fingerprint density at radius 3 is 2.86 bits per heavy atom. The number of piperidine rings is 1. The molecule has 1 aromatic carbocycles. The predicted molar refractivity (Wildman–Crippen MR) is 89.9 cm³/mol. The molecule has 3 nitrogen and oxygen atoms in total. The number of benzene rings is 1. The number of hydrogen-bond donors (Lipinski definition) is 1. The van der Waals surface area contributed by atoms with Crippen LogP contribution in [0, 0.1) is 0 Å². The van der Waals surface area contributed by atoms with E-state index in [0.29, 0.717) is 0 Å². The van der Waals surface area contributed by atoms with Gasteiger partial charge in [0.05, 0.1) is 0 Å². The van der Waals surface area contributed by atoms with Gasteiger partial charge >= 0.3 is 0 Å². The van der Waals surface area contributed by atoms with E-state index in [4.69, 9.17) is 0 Å². The Bertz CT molecular complexity index is 464. The number of fused-ring (bicyclic) bond motifs is 1. The molecule has 21 heavy (non-hydrogen) atoms. The van der Waals surface area contributed by atoms with E-state index in [1.54, 1.807) is 5.56 Å². The normalized spacial score (nSPS) is 20.3. The number of likely N-dealkylation sites (tertiary alicyclic amines) is 1. The average molecular weight is 287 g/mol. The largest absolute Gasteiger partial charge is 0.385 e. The van der Waals surface area contributed by atoms with Crippen LogP contribution >= 0.6 is 0 Å². The van der Waals surface area contributed by atoms with Crippen molar-refractivity contribution in [3.05, 3.63) is 29.3 Å². The van der Waals surface area contributed by atoms with Gasteiger partial charge in [-0.2, -0.15) is 0 Å². The Balaban J connectivity index is 1.64. The molecule has 0 bridgehead atoms. The third-order valence-corrected chi connectivity index (χ3v) is 5.24. The molecule has 3 rings (SSSR count). The number of rotatable bonds is 4. The van der Waals surface area contributed by atoms with E-state index < -0.39 is 0 Å². The van der Waals surface area contributed by atoms with Gasteiger partial charge in [0.25, 0.3) is 0 Å². The lowest BCUT2D eigenvalue weighted by molar-refractivity contribution is 0.127. The molecule has 1 N–H and O–H groups in total. The molecule has 2 aliphatic heterocycles. The summed E-state index contributed by atoms with van der Waals surface area (Å²) in [6, 6.07) is 7.52. The lowest BCUT2D eigenvalue weighted by atomic mass is 9.96. The van der Waals surface area contributed by atoms with E-state index in [9.17, 15) is 0 Å². The molecular weight excluding hydrogens is 258 g/mol. The van der Waals surface area contributed by atoms with E-state index in [0.717, 1.165) is 19.1 Å². The van der Waals surface area contributed by atoms with Crippen LogP contribution in [-0.2, 0) is 13.0 Å². The minimum atomic E-state index is 0.750. The lowest BCUT2D eigenvalue weighted by Crippen LogP contribution is -2.43. The van der Waals surface area contributed by atoms with E-state index in [1.165, 1.54) is 56.6 Å². The molecule has 0 radical (unpaired) electrons. The van der Waals surface area contributed by atoms with Gasteiger partial charge in [0.1, 0.15) is 0 Å². The van der Waals surface area contributed by atoms with Crippen molar-refractivity contribution in [3.63, 3.8) is 0 Å². The summed E-state index contributed by atoms with van der Waals surface area (Å²) in [5.41, 5.74) is 4.45. The fourth-order valence-corrected chi connectivity index (χ4v) is 3.81. The summed E-state index contributed by atoms with van der Waals surface area (Å²) in [7, 11) is 2.31. The zero-order valence-corrected chi connectivity index (χ0v) is 13.6. The van der Waals surface area contributed by atoms with Crippen molar-refractivity contribution in [2.24, 2.45) is 0 Å². The Morgan fingerprint density at radius 1 is 1.29 bits per heavy atom. The van der Waals surface area contributed by atoms with Crippen molar-refractivity contribution in [2.75, 3.05) is 38.5 Å². The van der Waals surface area contributed by atoms with Gasteiger partial charge in [-0.15, -0.1) is 0 Å². The van der Waals surface area contributed by atoms with Crippen LogP contribution in [0.15, 0.2) is 18.2 Å². The summed E-state index contributed by atoms with van der Waals surface area (Å²) in [6.45, 7) is 8.23. The molecule has 1 aromatic rings. The van der Waals surface area contributed by atoms with Crippen LogP contribution in [-0.4, -0.2) is 49.1 Å². The van der Waals surface area contributed by atoms with E-state index in [1.807, 2.05) is 0 Å². The standard InChI is InChI=1S/C18H29N3/c1-3-21-12-9-16(10-13-21)20(2)14-15-6-4-8-18-17(15)7-5-11-19-18/h4,6,8,16,19H,3,5,7,9-14H2,1-2H3. The minimum absolute atomic E-state index is 0.750. The van der Waals surface area contributed by atoms with E-state index in [2.05, 4.69) is 47.3 Å². The molecule has 0 unspecified atom stereocenters. The molecule has 0 aliphatic carbocycles. The van der Waals surface area contributed by atoms with Crippen molar-refractivity contribution in [1.29, 1.82) is 0 Å². The molecule has 0 saturated carbocycles. The summed E-state index contributed by atoms with van der Waals surface area (Å²) in [4.78, 5) is 5.15. The second-order valence-electron chi connectivity index (χ2n) is 6.55. The van der Waals surface area contributed by atoms with Gasteiger partial charge in [-0.05, 0) is 69.6 Å². The molecule has 2 heterocycles. The van der Waals surface area contributed by atoms with Crippen molar-refractivity contribution >= 4 is 5.69 Å². The zero-order chi connectivity index (χ0) is 14.7. The monoisotopic (exact) mass is 287 g/mol. The number of anilines is 1. The predicted octanol–water partition coefficient (Wildman–Crippen LogP) is 2.96. The van der Waals surface area contributed by atoms with E-state index in [-0.39, 0.29) is 0 Å². The number of nitrogens with one attached hydrogen (secondary N) is 1. The maximum absolute atomic E-state index is 3.54. The lowest BCUT2D eigenvalue weighted by Gasteiger charge is -2.36. The van der Waals surface area contributed by atoms with Gasteiger partial charge in [0, 0.05) is 24.8 Å². The van der Waals surface area contributed by atoms with Crippen molar-refractivity contribution in [1.82, 2.24) is 9.80 Å². The van der Waals surface area contributed by atoms with Crippen LogP contribution in [0.1, 0.15) is 37.3 Å². The van der Waals surface area contributed by atoms with E-state index >= 15 is 0 Å². The first-order valence-electron chi connectivity index (χ1n) is 8.55. The molecule has 116 valence electrons. The van der Waals surface area contributed by atoms with Crippen LogP contribution in [0.4, 0.5) is 5.69 Å². The third kappa shape index (κ3) is 3.41. The topological polar surface area (TPSA) is 18.5 Å². The smallest absolute Gasteiger partial charge is 0.0375 e. The highest BCUT2D eigenvalue weighted by atomic mass is 15.2. The minimum Gasteiger partial charge on any atom is -0.385 e. The SMILES string of the molecule is CCN1CCC(N(C)Cc2cccc3c2CCCN3)CC1. The van der Waals surface area contributed by atoms with Gasteiger partial charge in [-0.3, -0.25) is 4.90 Å². The van der Waals surface area contributed by atoms with Gasteiger partial charge in [-0.1, -0.05) is 19.1 Å². The van der Waals surface area contributed by atoms with Gasteiger partial charge in [-0.25, -0.2) is 0 Å². The maximum atomic E-state index is 3.54. The molecule has 2 aliphatic rings. The fourth-order valence-electron chi connectivity index (χ4n) is 3.81.